The van der Waals surface area contributed by atoms with Crippen LogP contribution in [0.2, 0.25) is 0 Å². The van der Waals surface area contributed by atoms with Gasteiger partial charge < -0.3 is 15.0 Å². The second-order valence-corrected chi connectivity index (χ2v) is 9.32. The van der Waals surface area contributed by atoms with E-state index in [1.54, 1.807) is 31.4 Å². The number of aryl methyl sites for hydroxylation is 1. The second-order valence-electron chi connectivity index (χ2n) is 7.23. The number of carbonyl (C=O) groups is 3. The summed E-state index contributed by atoms with van der Waals surface area (Å²) >= 11 is 2.71. The van der Waals surface area contributed by atoms with E-state index in [0.717, 1.165) is 16.2 Å². The maximum Gasteiger partial charge on any atom is 0.349 e. The smallest absolute Gasteiger partial charge is 0.349 e. The summed E-state index contributed by atoms with van der Waals surface area (Å²) < 4.78 is 5.17. The molecular weight excluding hydrogens is 384 g/mol. The molecule has 0 aliphatic heterocycles. The zero-order chi connectivity index (χ0) is 20.2. The van der Waals surface area contributed by atoms with Crippen LogP contribution in [0.5, 0.6) is 0 Å². The van der Waals surface area contributed by atoms with E-state index in [-0.39, 0.29) is 18.4 Å². The lowest BCUT2D eigenvalue weighted by atomic mass is 9.96. The lowest BCUT2D eigenvalue weighted by molar-refractivity contribution is -0.133. The van der Waals surface area contributed by atoms with E-state index in [9.17, 15) is 14.4 Å². The van der Waals surface area contributed by atoms with Crippen molar-refractivity contribution in [3.63, 3.8) is 0 Å². The summed E-state index contributed by atoms with van der Waals surface area (Å²) in [6.07, 6.45) is 0. The highest BCUT2D eigenvalue weighted by atomic mass is 32.1. The minimum Gasteiger partial charge on any atom is -0.451 e. The number of carbonyl (C=O) groups excluding carboxylic acids is 3. The first-order valence-electron chi connectivity index (χ1n) is 8.43. The molecule has 2 aromatic rings. The van der Waals surface area contributed by atoms with Crippen LogP contribution in [0, 0.1) is 12.3 Å². The van der Waals surface area contributed by atoms with E-state index in [1.165, 1.54) is 4.90 Å². The van der Waals surface area contributed by atoms with Crippen LogP contribution in [0.25, 0.3) is 0 Å². The van der Waals surface area contributed by atoms with E-state index < -0.39 is 11.4 Å². The summed E-state index contributed by atoms with van der Waals surface area (Å²) in [5, 5.41) is 5.34. The zero-order valence-corrected chi connectivity index (χ0v) is 17.8. The van der Waals surface area contributed by atoms with Crippen LogP contribution in [0.3, 0.4) is 0 Å². The predicted molar refractivity (Wildman–Crippen MR) is 108 cm³/mol. The topological polar surface area (TPSA) is 75.7 Å². The Balaban J connectivity index is 1.92. The van der Waals surface area contributed by atoms with Crippen LogP contribution in [-0.4, -0.2) is 36.3 Å². The SMILES string of the molecule is Cc1cc(NC(=O)C(C)(C)C)sc1C(=O)OCC(=O)N(C)Cc1cccs1. The lowest BCUT2D eigenvalue weighted by Crippen LogP contribution is -2.30. The van der Waals surface area contributed by atoms with E-state index in [4.69, 9.17) is 4.74 Å². The van der Waals surface area contributed by atoms with Gasteiger partial charge >= 0.3 is 5.97 Å². The minimum absolute atomic E-state index is 0.131. The first kappa shape index (κ1) is 21.1. The number of likely N-dealkylation sites (N-methyl/N-ethyl adjacent to an activating group) is 1. The molecule has 2 heterocycles. The van der Waals surface area contributed by atoms with E-state index in [0.29, 0.717) is 22.0 Å². The highest BCUT2D eigenvalue weighted by Crippen LogP contribution is 2.29. The number of hydrogen-bond acceptors (Lipinski definition) is 6. The Labute approximate surface area is 167 Å². The van der Waals surface area contributed by atoms with Gasteiger partial charge in [-0.05, 0) is 30.0 Å². The Morgan fingerprint density at radius 2 is 1.96 bits per heavy atom. The van der Waals surface area contributed by atoms with Crippen molar-refractivity contribution in [3.8, 4) is 0 Å². The van der Waals surface area contributed by atoms with Gasteiger partial charge in [-0.2, -0.15) is 0 Å². The molecule has 0 aromatic carbocycles. The molecule has 1 N–H and O–H groups in total. The maximum absolute atomic E-state index is 12.3. The van der Waals surface area contributed by atoms with Crippen LogP contribution in [0.1, 0.15) is 40.9 Å². The van der Waals surface area contributed by atoms with Crippen molar-refractivity contribution in [2.24, 2.45) is 5.41 Å². The highest BCUT2D eigenvalue weighted by Gasteiger charge is 2.23. The number of ether oxygens (including phenoxy) is 1. The molecule has 8 heteroatoms. The number of thiophene rings is 2. The van der Waals surface area contributed by atoms with Crippen molar-refractivity contribution in [2.45, 2.75) is 34.2 Å². The van der Waals surface area contributed by atoms with Crippen molar-refractivity contribution < 1.29 is 19.1 Å². The number of nitrogens with one attached hydrogen (secondary N) is 1. The maximum atomic E-state index is 12.3. The summed E-state index contributed by atoms with van der Waals surface area (Å²) in [4.78, 5) is 39.5. The van der Waals surface area contributed by atoms with Gasteiger partial charge in [-0.25, -0.2) is 4.79 Å². The third-order valence-corrected chi connectivity index (χ3v) is 5.74. The monoisotopic (exact) mass is 408 g/mol. The standard InChI is InChI=1S/C19H24N2O4S2/c1-12-9-14(20-18(24)19(2,3)4)27-16(12)17(23)25-11-15(22)21(5)10-13-7-6-8-26-13/h6-9H,10-11H2,1-5H3,(H,20,24). The largest absolute Gasteiger partial charge is 0.451 e. The van der Waals surface area contributed by atoms with Gasteiger partial charge in [0.1, 0.15) is 4.88 Å². The van der Waals surface area contributed by atoms with Gasteiger partial charge in [0.25, 0.3) is 5.91 Å². The molecule has 0 fully saturated rings. The Kier molecular flexibility index (Phi) is 6.78. The van der Waals surface area contributed by atoms with E-state index >= 15 is 0 Å². The fourth-order valence-corrected chi connectivity index (χ4v) is 3.79. The summed E-state index contributed by atoms with van der Waals surface area (Å²) in [5.41, 5.74) is 0.173. The van der Waals surface area contributed by atoms with Crippen molar-refractivity contribution in [1.29, 1.82) is 0 Å². The fourth-order valence-electron chi connectivity index (χ4n) is 2.07. The van der Waals surface area contributed by atoms with Crippen LogP contribution in [0.4, 0.5) is 5.00 Å². The van der Waals surface area contributed by atoms with Crippen molar-refractivity contribution in [2.75, 3.05) is 19.0 Å². The van der Waals surface area contributed by atoms with Crippen LogP contribution in [0.15, 0.2) is 23.6 Å². The number of amides is 2. The van der Waals surface area contributed by atoms with Crippen LogP contribution in [-0.2, 0) is 20.9 Å². The zero-order valence-electron chi connectivity index (χ0n) is 16.1. The molecule has 0 saturated heterocycles. The summed E-state index contributed by atoms with van der Waals surface area (Å²) in [5.74, 6) is -0.965. The average Bonchev–Trinajstić information content (AvgIpc) is 3.20. The molecule has 0 aliphatic rings. The quantitative estimate of drug-likeness (QED) is 0.735. The van der Waals surface area contributed by atoms with Crippen molar-refractivity contribution in [1.82, 2.24) is 4.90 Å². The number of esters is 1. The van der Waals surface area contributed by atoms with Crippen LogP contribution < -0.4 is 5.32 Å². The van der Waals surface area contributed by atoms with Gasteiger partial charge in [-0.15, -0.1) is 22.7 Å². The van der Waals surface area contributed by atoms with Gasteiger partial charge in [0.05, 0.1) is 11.5 Å². The second kappa shape index (κ2) is 8.67. The fraction of sp³-hybridized carbons (Fsp3) is 0.421. The Morgan fingerprint density at radius 3 is 2.56 bits per heavy atom. The molecule has 146 valence electrons. The van der Waals surface area contributed by atoms with E-state index in [2.05, 4.69) is 5.32 Å². The van der Waals surface area contributed by atoms with Crippen LogP contribution >= 0.6 is 22.7 Å². The van der Waals surface area contributed by atoms with Crippen molar-refractivity contribution >= 4 is 45.5 Å². The Bertz CT molecular complexity index is 819. The lowest BCUT2D eigenvalue weighted by Gasteiger charge is -2.16. The van der Waals surface area contributed by atoms with Gasteiger partial charge in [0, 0.05) is 17.3 Å². The summed E-state index contributed by atoms with van der Waals surface area (Å²) in [6.45, 7) is 7.38. The Morgan fingerprint density at radius 1 is 1.26 bits per heavy atom. The third kappa shape index (κ3) is 5.90. The third-order valence-electron chi connectivity index (χ3n) is 3.75. The Hall–Kier alpha value is -2.19. The molecule has 0 unspecified atom stereocenters. The van der Waals surface area contributed by atoms with Gasteiger partial charge in [0.15, 0.2) is 6.61 Å². The molecule has 0 atom stereocenters. The van der Waals surface area contributed by atoms with Crippen molar-refractivity contribution in [3.05, 3.63) is 38.9 Å². The normalized spacial score (nSPS) is 11.1. The number of rotatable bonds is 6. The molecule has 0 radical (unpaired) electrons. The number of anilines is 1. The average molecular weight is 409 g/mol. The minimum atomic E-state index is -0.563. The highest BCUT2D eigenvalue weighted by molar-refractivity contribution is 7.18. The molecule has 0 bridgehead atoms. The number of hydrogen-bond donors (Lipinski definition) is 1. The number of nitrogens with zero attached hydrogens (tertiary/aromatic N) is 1. The molecule has 6 nitrogen and oxygen atoms in total. The van der Waals surface area contributed by atoms with Gasteiger partial charge in [0.2, 0.25) is 5.91 Å². The molecule has 2 aromatic heterocycles. The predicted octanol–water partition coefficient (Wildman–Crippen LogP) is 3.92. The van der Waals surface area contributed by atoms with Gasteiger partial charge in [-0.1, -0.05) is 26.8 Å². The van der Waals surface area contributed by atoms with E-state index in [1.807, 2.05) is 38.3 Å². The molecule has 0 saturated carbocycles. The molecule has 2 amide bonds. The molecule has 27 heavy (non-hydrogen) atoms. The molecular formula is C19H24N2O4S2. The van der Waals surface area contributed by atoms with Gasteiger partial charge in [-0.3, -0.25) is 9.59 Å². The first-order chi connectivity index (χ1) is 12.6. The summed E-state index contributed by atoms with van der Waals surface area (Å²) in [6, 6.07) is 5.60. The molecule has 0 aliphatic carbocycles. The summed E-state index contributed by atoms with van der Waals surface area (Å²) in [7, 11) is 1.67. The molecule has 2 rings (SSSR count). The first-order valence-corrected chi connectivity index (χ1v) is 10.1. The molecule has 0 spiro atoms.